The number of hydrogen-bond donors (Lipinski definition) is 1. The standard InChI is InChI=1S/C15H21FN2O2/c1-18-9-10(8-17)5-13(18)11-6-14-15(7-12(11)16)20-4-2-3-19-14/h6-7,10,13H,2-5,8-9,17H2,1H3. The van der Waals surface area contributed by atoms with Crippen molar-refractivity contribution in [3.63, 3.8) is 0 Å². The van der Waals surface area contributed by atoms with Gasteiger partial charge in [-0.05, 0) is 32.0 Å². The molecule has 0 saturated carbocycles. The molecule has 1 aromatic rings. The average molecular weight is 280 g/mol. The van der Waals surface area contributed by atoms with Crippen LogP contribution in [0.3, 0.4) is 0 Å². The highest BCUT2D eigenvalue weighted by atomic mass is 19.1. The highest BCUT2D eigenvalue weighted by molar-refractivity contribution is 5.45. The third-order valence-corrected chi connectivity index (χ3v) is 4.19. The van der Waals surface area contributed by atoms with Crippen LogP contribution in [0, 0.1) is 11.7 Å². The Kier molecular flexibility index (Phi) is 3.81. The molecule has 0 radical (unpaired) electrons. The normalized spacial score (nSPS) is 26.6. The van der Waals surface area contributed by atoms with Crippen molar-refractivity contribution >= 4 is 0 Å². The molecule has 0 aromatic heterocycles. The fraction of sp³-hybridized carbons (Fsp3) is 0.600. The number of fused-ring (bicyclic) bond motifs is 1. The summed E-state index contributed by atoms with van der Waals surface area (Å²) >= 11 is 0. The van der Waals surface area contributed by atoms with Gasteiger partial charge in [-0.1, -0.05) is 0 Å². The van der Waals surface area contributed by atoms with Crippen LogP contribution in [0.15, 0.2) is 12.1 Å². The Hall–Kier alpha value is -1.33. The molecule has 5 heteroatoms. The Bertz CT molecular complexity index is 495. The Labute approximate surface area is 118 Å². The maximum atomic E-state index is 14.4. The first-order chi connectivity index (χ1) is 9.69. The summed E-state index contributed by atoms with van der Waals surface area (Å²) in [5.74, 6) is 1.38. The minimum atomic E-state index is -0.219. The largest absolute Gasteiger partial charge is 0.490 e. The lowest BCUT2D eigenvalue weighted by atomic mass is 9.99. The Morgan fingerprint density at radius 2 is 2.00 bits per heavy atom. The molecule has 0 bridgehead atoms. The lowest BCUT2D eigenvalue weighted by Crippen LogP contribution is -2.21. The molecule has 2 aliphatic rings. The van der Waals surface area contributed by atoms with Crippen molar-refractivity contribution in [2.75, 3.05) is 33.4 Å². The fourth-order valence-electron chi connectivity index (χ4n) is 3.09. The van der Waals surface area contributed by atoms with E-state index in [4.69, 9.17) is 15.2 Å². The number of benzene rings is 1. The first-order valence-corrected chi connectivity index (χ1v) is 7.18. The minimum absolute atomic E-state index is 0.0701. The number of likely N-dealkylation sites (tertiary alicyclic amines) is 1. The van der Waals surface area contributed by atoms with Crippen LogP contribution in [0.2, 0.25) is 0 Å². The Balaban J connectivity index is 1.92. The van der Waals surface area contributed by atoms with Gasteiger partial charge in [0.1, 0.15) is 5.82 Å². The molecule has 3 rings (SSSR count). The molecule has 1 aromatic carbocycles. The second-order valence-electron chi connectivity index (χ2n) is 5.66. The van der Waals surface area contributed by atoms with Crippen molar-refractivity contribution in [2.24, 2.45) is 11.7 Å². The van der Waals surface area contributed by atoms with Crippen molar-refractivity contribution in [2.45, 2.75) is 18.9 Å². The quantitative estimate of drug-likeness (QED) is 0.899. The molecule has 1 fully saturated rings. The second kappa shape index (κ2) is 5.58. The van der Waals surface area contributed by atoms with E-state index >= 15 is 0 Å². The molecule has 0 amide bonds. The van der Waals surface area contributed by atoms with Gasteiger partial charge in [0.05, 0.1) is 13.2 Å². The summed E-state index contributed by atoms with van der Waals surface area (Å²) in [6, 6.07) is 3.33. The molecule has 4 nitrogen and oxygen atoms in total. The zero-order chi connectivity index (χ0) is 14.1. The summed E-state index contributed by atoms with van der Waals surface area (Å²) in [4.78, 5) is 2.17. The van der Waals surface area contributed by atoms with E-state index in [-0.39, 0.29) is 11.9 Å². The first-order valence-electron chi connectivity index (χ1n) is 7.18. The number of halogens is 1. The van der Waals surface area contributed by atoms with Gasteiger partial charge in [-0.3, -0.25) is 4.90 Å². The molecule has 110 valence electrons. The maximum absolute atomic E-state index is 14.4. The van der Waals surface area contributed by atoms with Gasteiger partial charge in [-0.15, -0.1) is 0 Å². The SMILES string of the molecule is CN1CC(CN)CC1c1cc2c(cc1F)OCCCO2. The van der Waals surface area contributed by atoms with E-state index in [1.807, 2.05) is 7.05 Å². The lowest BCUT2D eigenvalue weighted by molar-refractivity contribution is 0.296. The van der Waals surface area contributed by atoms with Gasteiger partial charge in [-0.25, -0.2) is 4.39 Å². The summed E-state index contributed by atoms with van der Waals surface area (Å²) in [6.45, 7) is 2.75. The van der Waals surface area contributed by atoms with Crippen LogP contribution in [0.1, 0.15) is 24.4 Å². The van der Waals surface area contributed by atoms with Crippen LogP contribution in [0.4, 0.5) is 4.39 Å². The molecule has 0 spiro atoms. The van der Waals surface area contributed by atoms with Crippen LogP contribution in [-0.2, 0) is 0 Å². The summed E-state index contributed by atoms with van der Waals surface area (Å²) < 4.78 is 25.5. The molecule has 1 saturated heterocycles. The average Bonchev–Trinajstić information content (AvgIpc) is 2.66. The van der Waals surface area contributed by atoms with Gasteiger partial charge in [0.15, 0.2) is 11.5 Å². The van der Waals surface area contributed by atoms with Gasteiger partial charge in [0.25, 0.3) is 0 Å². The van der Waals surface area contributed by atoms with Crippen molar-refractivity contribution in [3.8, 4) is 11.5 Å². The van der Waals surface area contributed by atoms with Crippen molar-refractivity contribution < 1.29 is 13.9 Å². The van der Waals surface area contributed by atoms with Gasteiger partial charge >= 0.3 is 0 Å². The predicted molar refractivity (Wildman–Crippen MR) is 74.5 cm³/mol. The van der Waals surface area contributed by atoms with E-state index in [9.17, 15) is 4.39 Å². The molecule has 0 aliphatic carbocycles. The summed E-state index contributed by atoms with van der Waals surface area (Å²) in [5.41, 5.74) is 6.43. The van der Waals surface area contributed by atoms with Crippen molar-refractivity contribution in [3.05, 3.63) is 23.5 Å². The number of nitrogens with two attached hydrogens (primary N) is 1. The van der Waals surface area contributed by atoms with Gasteiger partial charge in [-0.2, -0.15) is 0 Å². The monoisotopic (exact) mass is 280 g/mol. The summed E-state index contributed by atoms with van der Waals surface area (Å²) in [5, 5.41) is 0. The molecule has 2 atom stereocenters. The molecule has 20 heavy (non-hydrogen) atoms. The van der Waals surface area contributed by atoms with Crippen LogP contribution in [0.5, 0.6) is 11.5 Å². The topological polar surface area (TPSA) is 47.7 Å². The van der Waals surface area contributed by atoms with Crippen LogP contribution in [0.25, 0.3) is 0 Å². The predicted octanol–water partition coefficient (Wildman–Crippen LogP) is 1.94. The van der Waals surface area contributed by atoms with Crippen molar-refractivity contribution in [1.29, 1.82) is 0 Å². The van der Waals surface area contributed by atoms with Gasteiger partial charge in [0, 0.05) is 30.6 Å². The minimum Gasteiger partial charge on any atom is -0.490 e. The summed E-state index contributed by atoms with van der Waals surface area (Å²) in [7, 11) is 2.02. The van der Waals surface area contributed by atoms with Gasteiger partial charge < -0.3 is 15.2 Å². The van der Waals surface area contributed by atoms with E-state index in [0.29, 0.717) is 42.7 Å². The number of nitrogens with zero attached hydrogens (tertiary/aromatic N) is 1. The van der Waals surface area contributed by atoms with E-state index in [0.717, 1.165) is 19.4 Å². The van der Waals surface area contributed by atoms with E-state index in [1.165, 1.54) is 6.07 Å². The van der Waals surface area contributed by atoms with Gasteiger partial charge in [0.2, 0.25) is 0 Å². The Morgan fingerprint density at radius 1 is 1.30 bits per heavy atom. The summed E-state index contributed by atoms with van der Waals surface area (Å²) in [6.07, 6.45) is 1.72. The molecule has 2 aliphatic heterocycles. The zero-order valence-corrected chi connectivity index (χ0v) is 11.8. The Morgan fingerprint density at radius 3 is 2.65 bits per heavy atom. The number of rotatable bonds is 2. The molecular weight excluding hydrogens is 259 g/mol. The maximum Gasteiger partial charge on any atom is 0.164 e. The zero-order valence-electron chi connectivity index (χ0n) is 11.8. The van der Waals surface area contributed by atoms with Crippen LogP contribution in [-0.4, -0.2) is 38.3 Å². The first kappa shape index (κ1) is 13.6. The molecule has 2 unspecified atom stereocenters. The van der Waals surface area contributed by atoms with Crippen molar-refractivity contribution in [1.82, 2.24) is 4.90 Å². The van der Waals surface area contributed by atoms with Crippen LogP contribution < -0.4 is 15.2 Å². The highest BCUT2D eigenvalue weighted by Crippen LogP contribution is 2.40. The molecule has 2 N–H and O–H groups in total. The molecular formula is C15H21FN2O2. The number of hydrogen-bond acceptors (Lipinski definition) is 4. The fourth-order valence-corrected chi connectivity index (χ4v) is 3.09. The van der Waals surface area contributed by atoms with Crippen LogP contribution >= 0.6 is 0 Å². The van der Waals surface area contributed by atoms with E-state index in [2.05, 4.69) is 4.90 Å². The lowest BCUT2D eigenvalue weighted by Gasteiger charge is -2.21. The van der Waals surface area contributed by atoms with E-state index < -0.39 is 0 Å². The highest BCUT2D eigenvalue weighted by Gasteiger charge is 2.32. The third kappa shape index (κ3) is 2.47. The molecule has 2 heterocycles. The number of ether oxygens (including phenoxy) is 2. The third-order valence-electron chi connectivity index (χ3n) is 4.19. The smallest absolute Gasteiger partial charge is 0.164 e. The van der Waals surface area contributed by atoms with E-state index in [1.54, 1.807) is 6.07 Å². The second-order valence-corrected chi connectivity index (χ2v) is 5.66.